The molecule has 1 saturated carbocycles. The Morgan fingerprint density at radius 2 is 2.06 bits per heavy atom. The van der Waals surface area contributed by atoms with Crippen molar-refractivity contribution in [3.8, 4) is 0 Å². The van der Waals surface area contributed by atoms with Crippen LogP contribution in [0.2, 0.25) is 0 Å². The second-order valence-electron chi connectivity index (χ2n) is 5.96. The second-order valence-corrected chi connectivity index (χ2v) is 5.96. The lowest BCUT2D eigenvalue weighted by atomic mass is 9.75. The number of guanidine groups is 1. The van der Waals surface area contributed by atoms with E-state index in [1.807, 2.05) is 13.8 Å². The van der Waals surface area contributed by atoms with Crippen molar-refractivity contribution in [2.45, 2.75) is 70.9 Å². The van der Waals surface area contributed by atoms with Gasteiger partial charge in [-0.25, -0.2) is 0 Å². The number of nitrogens with one attached hydrogen (secondary N) is 2. The molecule has 1 amide bonds. The van der Waals surface area contributed by atoms with Gasteiger partial charge >= 0.3 is 0 Å². The van der Waals surface area contributed by atoms with Crippen LogP contribution < -0.4 is 10.6 Å². The van der Waals surface area contributed by atoms with Gasteiger partial charge in [-0.3, -0.25) is 15.1 Å². The molecule has 1 aliphatic carbocycles. The lowest BCUT2D eigenvalue weighted by Gasteiger charge is -2.34. The normalized spacial score (nSPS) is 34.1. The van der Waals surface area contributed by atoms with E-state index in [0.29, 0.717) is 5.96 Å². The number of hydrogen-bond acceptors (Lipinski definition) is 2. The molecule has 0 bridgehead atoms. The zero-order valence-corrected chi connectivity index (χ0v) is 11.8. The van der Waals surface area contributed by atoms with E-state index in [-0.39, 0.29) is 17.5 Å². The largest absolute Gasteiger partial charge is 0.342 e. The number of aliphatic imine (C=N–C) groups is 1. The molecular weight excluding hydrogens is 226 g/mol. The van der Waals surface area contributed by atoms with Gasteiger partial charge in [0.05, 0.1) is 0 Å². The molecule has 0 aromatic rings. The van der Waals surface area contributed by atoms with Gasteiger partial charge in [0.1, 0.15) is 5.54 Å². The third kappa shape index (κ3) is 2.68. The lowest BCUT2D eigenvalue weighted by Crippen LogP contribution is -2.49. The first-order valence-electron chi connectivity index (χ1n) is 7.23. The fraction of sp³-hybridized carbons (Fsp3) is 0.857. The van der Waals surface area contributed by atoms with Crippen LogP contribution in [0.25, 0.3) is 0 Å². The Morgan fingerprint density at radius 3 is 2.61 bits per heavy atom. The minimum absolute atomic E-state index is 0.122. The van der Waals surface area contributed by atoms with Gasteiger partial charge in [-0.05, 0) is 45.4 Å². The third-order valence-corrected chi connectivity index (χ3v) is 4.07. The Bertz CT molecular complexity index is 341. The average molecular weight is 251 g/mol. The number of carbonyl (C=O) groups is 1. The Kier molecular flexibility index (Phi) is 3.93. The Labute approximate surface area is 110 Å². The maximum Gasteiger partial charge on any atom is 0.252 e. The molecular formula is C14H25N3O. The molecule has 4 nitrogen and oxygen atoms in total. The number of hydrogen-bond donors (Lipinski definition) is 2. The van der Waals surface area contributed by atoms with Crippen molar-refractivity contribution >= 4 is 11.9 Å². The van der Waals surface area contributed by atoms with Crippen molar-refractivity contribution < 1.29 is 4.79 Å². The maximum absolute atomic E-state index is 12.2. The monoisotopic (exact) mass is 251 g/mol. The van der Waals surface area contributed by atoms with Gasteiger partial charge in [-0.15, -0.1) is 0 Å². The van der Waals surface area contributed by atoms with Crippen LogP contribution in [0.3, 0.4) is 0 Å². The van der Waals surface area contributed by atoms with Gasteiger partial charge < -0.3 is 5.32 Å². The molecule has 2 rings (SSSR count). The molecule has 0 atom stereocenters. The Hall–Kier alpha value is -1.06. The standard InChI is InChI=1S/C14H25N3O/c1-4-5-11-6-8-14(9-7-11)12(18)16-13(17-14)15-10(2)3/h10-11H,4-9H2,1-3H3,(H2,15,16,17,18). The first-order chi connectivity index (χ1) is 8.55. The summed E-state index contributed by atoms with van der Waals surface area (Å²) in [5.74, 6) is 1.60. The van der Waals surface area contributed by atoms with Crippen LogP contribution in [0, 0.1) is 5.92 Å². The van der Waals surface area contributed by atoms with E-state index in [1.165, 1.54) is 12.8 Å². The molecule has 0 aromatic carbocycles. The minimum atomic E-state index is -0.363. The van der Waals surface area contributed by atoms with Gasteiger partial charge in [0.2, 0.25) is 0 Å². The molecule has 0 unspecified atom stereocenters. The molecule has 2 aliphatic rings. The summed E-state index contributed by atoms with van der Waals surface area (Å²) in [7, 11) is 0. The summed E-state index contributed by atoms with van der Waals surface area (Å²) in [5.41, 5.74) is -0.363. The summed E-state index contributed by atoms with van der Waals surface area (Å²) in [6.45, 7) is 6.27. The van der Waals surface area contributed by atoms with Crippen molar-refractivity contribution in [2.75, 3.05) is 0 Å². The van der Waals surface area contributed by atoms with Crippen LogP contribution >= 0.6 is 0 Å². The van der Waals surface area contributed by atoms with Gasteiger partial charge in [0.25, 0.3) is 5.91 Å². The molecule has 1 saturated heterocycles. The summed E-state index contributed by atoms with van der Waals surface area (Å²) >= 11 is 0. The van der Waals surface area contributed by atoms with Crippen molar-refractivity contribution in [3.05, 3.63) is 0 Å². The van der Waals surface area contributed by atoms with Crippen LogP contribution in [-0.4, -0.2) is 23.4 Å². The highest BCUT2D eigenvalue weighted by Gasteiger charge is 2.46. The Balaban J connectivity index is 1.99. The summed E-state index contributed by atoms with van der Waals surface area (Å²) in [6.07, 6.45) is 6.75. The van der Waals surface area contributed by atoms with Crippen molar-refractivity contribution in [2.24, 2.45) is 10.9 Å². The van der Waals surface area contributed by atoms with E-state index in [1.54, 1.807) is 0 Å². The highest BCUT2D eigenvalue weighted by molar-refractivity contribution is 6.09. The highest BCUT2D eigenvalue weighted by Crippen LogP contribution is 2.36. The molecule has 0 radical (unpaired) electrons. The van der Waals surface area contributed by atoms with Crippen molar-refractivity contribution in [3.63, 3.8) is 0 Å². The SMILES string of the molecule is CCCC1CCC2(CC1)NC(=NC(C)C)NC2=O. The average Bonchev–Trinajstić information content (AvgIpc) is 2.58. The summed E-state index contributed by atoms with van der Waals surface area (Å²) < 4.78 is 0. The first-order valence-corrected chi connectivity index (χ1v) is 7.23. The first kappa shape index (κ1) is 13.4. The minimum Gasteiger partial charge on any atom is -0.342 e. The lowest BCUT2D eigenvalue weighted by molar-refractivity contribution is -0.125. The van der Waals surface area contributed by atoms with Gasteiger partial charge in [0, 0.05) is 6.04 Å². The van der Waals surface area contributed by atoms with E-state index >= 15 is 0 Å². The molecule has 2 fully saturated rings. The van der Waals surface area contributed by atoms with E-state index in [2.05, 4.69) is 22.5 Å². The summed E-state index contributed by atoms with van der Waals surface area (Å²) in [6, 6.07) is 0.208. The van der Waals surface area contributed by atoms with Gasteiger partial charge in [-0.2, -0.15) is 0 Å². The molecule has 102 valence electrons. The van der Waals surface area contributed by atoms with Gasteiger partial charge in [0.15, 0.2) is 5.96 Å². The van der Waals surface area contributed by atoms with Crippen LogP contribution in [0.15, 0.2) is 4.99 Å². The van der Waals surface area contributed by atoms with Crippen molar-refractivity contribution in [1.82, 2.24) is 10.6 Å². The molecule has 1 spiro atoms. The van der Waals surface area contributed by atoms with Crippen LogP contribution in [0.5, 0.6) is 0 Å². The smallest absolute Gasteiger partial charge is 0.252 e. The summed E-state index contributed by atoms with van der Waals surface area (Å²) in [4.78, 5) is 16.6. The molecule has 1 aliphatic heterocycles. The van der Waals surface area contributed by atoms with Crippen LogP contribution in [0.1, 0.15) is 59.3 Å². The topological polar surface area (TPSA) is 53.5 Å². The van der Waals surface area contributed by atoms with Gasteiger partial charge in [-0.1, -0.05) is 19.8 Å². The third-order valence-electron chi connectivity index (χ3n) is 4.07. The highest BCUT2D eigenvalue weighted by atomic mass is 16.2. The van der Waals surface area contributed by atoms with Crippen LogP contribution in [-0.2, 0) is 4.79 Å². The number of nitrogens with zero attached hydrogens (tertiary/aromatic N) is 1. The van der Waals surface area contributed by atoms with E-state index in [0.717, 1.165) is 31.6 Å². The maximum atomic E-state index is 12.2. The van der Waals surface area contributed by atoms with E-state index < -0.39 is 0 Å². The molecule has 0 aromatic heterocycles. The predicted molar refractivity (Wildman–Crippen MR) is 73.4 cm³/mol. The quantitative estimate of drug-likeness (QED) is 0.808. The summed E-state index contributed by atoms with van der Waals surface area (Å²) in [5, 5.41) is 6.23. The fourth-order valence-corrected chi connectivity index (χ4v) is 3.08. The fourth-order valence-electron chi connectivity index (χ4n) is 3.08. The number of rotatable bonds is 3. The van der Waals surface area contributed by atoms with Crippen LogP contribution in [0.4, 0.5) is 0 Å². The molecule has 1 heterocycles. The van der Waals surface area contributed by atoms with Crippen molar-refractivity contribution in [1.29, 1.82) is 0 Å². The predicted octanol–water partition coefficient (Wildman–Crippen LogP) is 2.20. The molecule has 18 heavy (non-hydrogen) atoms. The zero-order chi connectivity index (χ0) is 13.2. The van der Waals surface area contributed by atoms with E-state index in [4.69, 9.17) is 0 Å². The Morgan fingerprint density at radius 1 is 1.39 bits per heavy atom. The second kappa shape index (κ2) is 5.29. The molecule has 4 heteroatoms. The number of amides is 1. The zero-order valence-electron chi connectivity index (χ0n) is 11.8. The van der Waals surface area contributed by atoms with E-state index in [9.17, 15) is 4.79 Å². The molecule has 2 N–H and O–H groups in total. The number of carbonyl (C=O) groups excluding carboxylic acids is 1.